The Kier molecular flexibility index (Phi) is 2.18. The molecule has 0 radical (unpaired) electrons. The molecule has 0 amide bonds. The molecule has 1 aliphatic rings. The third-order valence-corrected chi connectivity index (χ3v) is 2.22. The van der Waals surface area contributed by atoms with Gasteiger partial charge in [-0.1, -0.05) is 0 Å². The van der Waals surface area contributed by atoms with Crippen LogP contribution in [0, 0.1) is 5.92 Å². The summed E-state index contributed by atoms with van der Waals surface area (Å²) in [7, 11) is 1.62. The van der Waals surface area contributed by atoms with E-state index in [1.807, 2.05) is 13.8 Å². The molecular weight excluding hydrogens is 144 g/mol. The average Bonchev–Trinajstić information content (AvgIpc) is 2.65. The van der Waals surface area contributed by atoms with E-state index in [-0.39, 0.29) is 17.5 Å². The van der Waals surface area contributed by atoms with Gasteiger partial charge in [0.2, 0.25) is 0 Å². The van der Waals surface area contributed by atoms with Crippen molar-refractivity contribution in [1.82, 2.24) is 0 Å². The van der Waals surface area contributed by atoms with Crippen molar-refractivity contribution in [3.05, 3.63) is 0 Å². The first-order chi connectivity index (χ1) is 5.14. The molecule has 64 valence electrons. The minimum Gasteiger partial charge on any atom is -0.466 e. The fourth-order valence-corrected chi connectivity index (χ4v) is 1.15. The van der Waals surface area contributed by atoms with E-state index < -0.39 is 0 Å². The summed E-state index contributed by atoms with van der Waals surface area (Å²) in [4.78, 5) is 11.1. The number of esters is 1. The Bertz CT molecular complexity index is 167. The fourth-order valence-electron chi connectivity index (χ4n) is 1.15. The summed E-state index contributed by atoms with van der Waals surface area (Å²) in [6.07, 6.45) is 0.794. The van der Waals surface area contributed by atoms with Gasteiger partial charge in [0.1, 0.15) is 0 Å². The predicted molar refractivity (Wildman–Crippen MR) is 40.2 cm³/mol. The second kappa shape index (κ2) is 2.81. The highest BCUT2D eigenvalue weighted by Crippen LogP contribution is 2.46. The summed E-state index contributed by atoms with van der Waals surface area (Å²) in [6.45, 7) is 4.19. The van der Waals surface area contributed by atoms with Crippen LogP contribution in [0.25, 0.3) is 0 Å². The van der Waals surface area contributed by atoms with Crippen molar-refractivity contribution in [3.63, 3.8) is 0 Å². The van der Waals surface area contributed by atoms with Crippen LogP contribution in [0.2, 0.25) is 0 Å². The molecule has 1 saturated carbocycles. The zero-order chi connectivity index (χ0) is 8.48. The molecule has 0 unspecified atom stereocenters. The average molecular weight is 158 g/mol. The van der Waals surface area contributed by atoms with E-state index in [1.54, 1.807) is 7.11 Å². The minimum absolute atomic E-state index is 0.0348. The van der Waals surface area contributed by atoms with E-state index in [2.05, 4.69) is 0 Å². The highest BCUT2D eigenvalue weighted by molar-refractivity contribution is 5.77. The SMILES string of the molecule is CCOC(=O)[C@H]1C[C@@]1(C)OC. The molecule has 0 saturated heterocycles. The lowest BCUT2D eigenvalue weighted by Gasteiger charge is -2.07. The smallest absolute Gasteiger partial charge is 0.311 e. The van der Waals surface area contributed by atoms with Crippen molar-refractivity contribution >= 4 is 5.97 Å². The van der Waals surface area contributed by atoms with Gasteiger partial charge in [-0.2, -0.15) is 0 Å². The van der Waals surface area contributed by atoms with E-state index in [0.717, 1.165) is 6.42 Å². The number of methoxy groups -OCH3 is 1. The standard InChI is InChI=1S/C8H14O3/c1-4-11-7(9)6-5-8(6,2)10-3/h6H,4-5H2,1-3H3/t6-,8-/m1/s1. The third kappa shape index (κ3) is 1.53. The van der Waals surface area contributed by atoms with Gasteiger partial charge in [-0.25, -0.2) is 0 Å². The normalized spacial score (nSPS) is 35.0. The number of hydrogen-bond donors (Lipinski definition) is 0. The van der Waals surface area contributed by atoms with E-state index >= 15 is 0 Å². The Labute approximate surface area is 66.7 Å². The van der Waals surface area contributed by atoms with E-state index in [9.17, 15) is 4.79 Å². The summed E-state index contributed by atoms with van der Waals surface area (Å²) in [5, 5.41) is 0. The maximum Gasteiger partial charge on any atom is 0.311 e. The maximum absolute atomic E-state index is 11.1. The molecule has 1 aliphatic carbocycles. The fraction of sp³-hybridized carbons (Fsp3) is 0.875. The minimum atomic E-state index is -0.244. The topological polar surface area (TPSA) is 35.5 Å². The lowest BCUT2D eigenvalue weighted by atomic mass is 10.3. The van der Waals surface area contributed by atoms with Gasteiger partial charge < -0.3 is 9.47 Å². The number of ether oxygens (including phenoxy) is 2. The molecule has 0 aromatic heterocycles. The summed E-state index contributed by atoms with van der Waals surface area (Å²) in [5.74, 6) is -0.163. The van der Waals surface area contributed by atoms with Crippen LogP contribution in [-0.4, -0.2) is 25.3 Å². The second-order valence-electron chi connectivity index (χ2n) is 3.03. The Morgan fingerprint density at radius 2 is 2.36 bits per heavy atom. The van der Waals surface area contributed by atoms with Crippen LogP contribution in [0.15, 0.2) is 0 Å². The molecule has 11 heavy (non-hydrogen) atoms. The van der Waals surface area contributed by atoms with Gasteiger partial charge in [0, 0.05) is 7.11 Å². The highest BCUT2D eigenvalue weighted by Gasteiger charge is 2.56. The van der Waals surface area contributed by atoms with Gasteiger partial charge in [-0.3, -0.25) is 4.79 Å². The van der Waals surface area contributed by atoms with Crippen molar-refractivity contribution < 1.29 is 14.3 Å². The monoisotopic (exact) mass is 158 g/mol. The molecule has 1 fully saturated rings. The Morgan fingerprint density at radius 3 is 2.73 bits per heavy atom. The van der Waals surface area contributed by atoms with Gasteiger partial charge >= 0.3 is 5.97 Å². The zero-order valence-corrected chi connectivity index (χ0v) is 7.22. The van der Waals surface area contributed by atoms with Crippen molar-refractivity contribution in [2.75, 3.05) is 13.7 Å². The van der Waals surface area contributed by atoms with E-state index in [1.165, 1.54) is 0 Å². The molecule has 0 N–H and O–H groups in total. The van der Waals surface area contributed by atoms with Crippen LogP contribution in [0.5, 0.6) is 0 Å². The summed E-state index contributed by atoms with van der Waals surface area (Å²) < 4.78 is 9.97. The summed E-state index contributed by atoms with van der Waals surface area (Å²) >= 11 is 0. The lowest BCUT2D eigenvalue weighted by Crippen LogP contribution is -2.17. The summed E-state index contributed by atoms with van der Waals surface area (Å²) in [5.41, 5.74) is -0.244. The number of rotatable bonds is 3. The zero-order valence-electron chi connectivity index (χ0n) is 7.22. The van der Waals surface area contributed by atoms with Crippen LogP contribution in [0.3, 0.4) is 0 Å². The first-order valence-corrected chi connectivity index (χ1v) is 3.86. The van der Waals surface area contributed by atoms with Gasteiger partial charge in [0.15, 0.2) is 0 Å². The van der Waals surface area contributed by atoms with Gasteiger partial charge in [0.05, 0.1) is 18.1 Å². The quantitative estimate of drug-likeness (QED) is 0.574. The Morgan fingerprint density at radius 1 is 1.73 bits per heavy atom. The molecule has 3 heteroatoms. The van der Waals surface area contributed by atoms with Crippen LogP contribution >= 0.6 is 0 Å². The molecule has 0 spiro atoms. The molecule has 0 aromatic carbocycles. The molecule has 0 aromatic rings. The molecular formula is C8H14O3. The van der Waals surface area contributed by atoms with Crippen LogP contribution < -0.4 is 0 Å². The predicted octanol–water partition coefficient (Wildman–Crippen LogP) is 0.975. The van der Waals surface area contributed by atoms with Crippen molar-refractivity contribution in [3.8, 4) is 0 Å². The Balaban J connectivity index is 2.36. The maximum atomic E-state index is 11.1. The molecule has 0 aliphatic heterocycles. The number of carbonyl (C=O) groups is 1. The number of carbonyl (C=O) groups excluding carboxylic acids is 1. The lowest BCUT2D eigenvalue weighted by molar-refractivity contribution is -0.146. The van der Waals surface area contributed by atoms with Gasteiger partial charge in [0.25, 0.3) is 0 Å². The first-order valence-electron chi connectivity index (χ1n) is 3.86. The summed E-state index contributed by atoms with van der Waals surface area (Å²) in [6, 6.07) is 0. The van der Waals surface area contributed by atoms with Gasteiger partial charge in [-0.15, -0.1) is 0 Å². The molecule has 2 atom stereocenters. The molecule has 3 nitrogen and oxygen atoms in total. The molecule has 0 bridgehead atoms. The molecule has 0 heterocycles. The molecule has 1 rings (SSSR count). The van der Waals surface area contributed by atoms with Crippen molar-refractivity contribution in [1.29, 1.82) is 0 Å². The van der Waals surface area contributed by atoms with Gasteiger partial charge in [-0.05, 0) is 20.3 Å². The van der Waals surface area contributed by atoms with Crippen LogP contribution in [-0.2, 0) is 14.3 Å². The largest absolute Gasteiger partial charge is 0.466 e. The first kappa shape index (κ1) is 8.53. The second-order valence-corrected chi connectivity index (χ2v) is 3.03. The highest BCUT2D eigenvalue weighted by atomic mass is 16.5. The van der Waals surface area contributed by atoms with E-state index in [0.29, 0.717) is 6.61 Å². The third-order valence-electron chi connectivity index (χ3n) is 2.22. The van der Waals surface area contributed by atoms with Crippen LogP contribution in [0.1, 0.15) is 20.3 Å². The van der Waals surface area contributed by atoms with E-state index in [4.69, 9.17) is 9.47 Å². The van der Waals surface area contributed by atoms with Crippen molar-refractivity contribution in [2.24, 2.45) is 5.92 Å². The van der Waals surface area contributed by atoms with Crippen LogP contribution in [0.4, 0.5) is 0 Å². The van der Waals surface area contributed by atoms with Crippen molar-refractivity contribution in [2.45, 2.75) is 25.9 Å². The Hall–Kier alpha value is -0.570. The number of hydrogen-bond acceptors (Lipinski definition) is 3.